The first-order valence-electron chi connectivity index (χ1n) is 10.6. The molecule has 0 bridgehead atoms. The van der Waals surface area contributed by atoms with Crippen LogP contribution in [0.1, 0.15) is 22.8 Å². The average molecular weight is 505 g/mol. The zero-order valence-corrected chi connectivity index (χ0v) is 20.5. The Labute approximate surface area is 201 Å². The van der Waals surface area contributed by atoms with Gasteiger partial charge >= 0.3 is 5.97 Å². The maximum Gasteiger partial charge on any atom is 0.338 e. The lowest BCUT2D eigenvalue weighted by Crippen LogP contribution is -3.00. The Morgan fingerprint density at radius 3 is 1.50 bits per heavy atom. The predicted octanol–water partition coefficient (Wildman–Crippen LogP) is 2.36. The van der Waals surface area contributed by atoms with Gasteiger partial charge in [0.1, 0.15) is 23.2 Å². The number of esters is 1. The van der Waals surface area contributed by atoms with Crippen LogP contribution in [-0.2, 0) is 10.9 Å². The van der Waals surface area contributed by atoms with Crippen LogP contribution in [0.15, 0.2) is 115 Å². The lowest BCUT2D eigenvalue weighted by molar-refractivity contribution is -0.0000243. The van der Waals surface area contributed by atoms with E-state index in [1.807, 2.05) is 25.1 Å². The highest BCUT2D eigenvalue weighted by molar-refractivity contribution is 7.95. The summed E-state index contributed by atoms with van der Waals surface area (Å²) >= 11 is 0. The molecule has 0 fully saturated rings. The highest BCUT2D eigenvalue weighted by Gasteiger charge is 2.46. The maximum absolute atomic E-state index is 12.8. The molecule has 0 aromatic heterocycles. The molecule has 0 aliphatic heterocycles. The Morgan fingerprint density at radius 1 is 0.656 bits per heavy atom. The number of rotatable bonds is 7. The summed E-state index contributed by atoms with van der Waals surface area (Å²) in [4.78, 5) is 12.8. The van der Waals surface area contributed by atoms with Gasteiger partial charge in [0.25, 0.3) is 0 Å². The molecule has 0 atom stereocenters. The molecule has 4 aromatic carbocycles. The second-order valence-electron chi connectivity index (χ2n) is 7.35. The molecule has 0 heterocycles. The van der Waals surface area contributed by atoms with E-state index >= 15 is 0 Å². The van der Waals surface area contributed by atoms with Crippen molar-refractivity contribution in [3.8, 4) is 0 Å². The molecule has 2 nitrogen and oxygen atoms in total. The average Bonchev–Trinajstić information content (AvgIpc) is 2.84. The second kappa shape index (κ2) is 11.2. The molecule has 0 saturated carbocycles. The highest BCUT2D eigenvalue weighted by atomic mass is 79.9. The molecule has 0 amide bonds. The van der Waals surface area contributed by atoms with E-state index in [1.54, 1.807) is 0 Å². The summed E-state index contributed by atoms with van der Waals surface area (Å²) in [6.07, 6.45) is 0.750. The Balaban J connectivity index is 0.00000289. The van der Waals surface area contributed by atoms with E-state index in [1.165, 1.54) is 15.9 Å². The normalized spacial score (nSPS) is 10.8. The standard InChI is InChI=1S/C28H26O2P.BrH/c1-2-30-28(29)27-21-13-12-14-23(27)22-31(24-15-6-3-7-16-24,25-17-8-4-9-18-25)26-19-10-5-11-20-26;/h3-21H,2,22H2,1H3;1H/q+1;/p-1. The molecular formula is C28H26BrO2P. The molecule has 0 radical (unpaired) electrons. The van der Waals surface area contributed by atoms with Gasteiger partial charge in [0, 0.05) is 5.56 Å². The van der Waals surface area contributed by atoms with Crippen LogP contribution in [0.5, 0.6) is 0 Å². The summed E-state index contributed by atoms with van der Waals surface area (Å²) in [5.41, 5.74) is 1.67. The molecular weight excluding hydrogens is 479 g/mol. The number of carbonyl (C=O) groups excluding carboxylic acids is 1. The van der Waals surface area contributed by atoms with E-state index in [0.717, 1.165) is 11.7 Å². The van der Waals surface area contributed by atoms with Crippen LogP contribution in [-0.4, -0.2) is 12.6 Å². The number of hydrogen-bond donors (Lipinski definition) is 0. The van der Waals surface area contributed by atoms with Crippen molar-refractivity contribution in [2.45, 2.75) is 13.1 Å². The van der Waals surface area contributed by atoms with Crippen LogP contribution in [0.3, 0.4) is 0 Å². The molecule has 162 valence electrons. The van der Waals surface area contributed by atoms with Crippen molar-refractivity contribution in [1.29, 1.82) is 0 Å². The molecule has 0 aliphatic rings. The third kappa shape index (κ3) is 4.85. The van der Waals surface area contributed by atoms with Crippen molar-refractivity contribution in [1.82, 2.24) is 0 Å². The van der Waals surface area contributed by atoms with Gasteiger partial charge in [-0.2, -0.15) is 0 Å². The Bertz CT molecular complexity index is 1040. The summed E-state index contributed by atoms with van der Waals surface area (Å²) in [5, 5.41) is 3.89. The molecule has 0 N–H and O–H groups in total. The summed E-state index contributed by atoms with van der Waals surface area (Å²) < 4.78 is 5.37. The largest absolute Gasteiger partial charge is 1.00 e. The lowest BCUT2D eigenvalue weighted by atomic mass is 10.1. The SMILES string of the molecule is CCOC(=O)c1ccccc1C[P+](c1ccccc1)(c1ccccc1)c1ccccc1.[Br-]. The van der Waals surface area contributed by atoms with Crippen molar-refractivity contribution in [3.05, 3.63) is 126 Å². The van der Waals surface area contributed by atoms with Crippen LogP contribution >= 0.6 is 7.26 Å². The van der Waals surface area contributed by atoms with Gasteiger partial charge in [-0.25, -0.2) is 4.79 Å². The quantitative estimate of drug-likeness (QED) is 0.285. The van der Waals surface area contributed by atoms with E-state index in [4.69, 9.17) is 4.74 Å². The monoisotopic (exact) mass is 504 g/mol. The molecule has 0 saturated heterocycles. The van der Waals surface area contributed by atoms with Gasteiger partial charge in [0.15, 0.2) is 0 Å². The fourth-order valence-corrected chi connectivity index (χ4v) is 8.36. The summed E-state index contributed by atoms with van der Waals surface area (Å²) in [7, 11) is -2.07. The van der Waals surface area contributed by atoms with Crippen LogP contribution in [0.25, 0.3) is 0 Å². The Hall–Kier alpha value is -2.74. The molecule has 4 rings (SSSR count). The molecule has 4 aromatic rings. The van der Waals surface area contributed by atoms with Gasteiger partial charge in [-0.05, 0) is 49.4 Å². The van der Waals surface area contributed by atoms with E-state index in [9.17, 15) is 4.79 Å². The third-order valence-corrected chi connectivity index (χ3v) is 9.87. The van der Waals surface area contributed by atoms with Crippen molar-refractivity contribution in [2.24, 2.45) is 0 Å². The van der Waals surface area contributed by atoms with Crippen LogP contribution in [0.2, 0.25) is 0 Å². The summed E-state index contributed by atoms with van der Waals surface area (Å²) in [6, 6.07) is 40.0. The first kappa shape index (κ1) is 23.9. The van der Waals surface area contributed by atoms with Crippen molar-refractivity contribution < 1.29 is 26.5 Å². The van der Waals surface area contributed by atoms with Crippen LogP contribution in [0, 0.1) is 0 Å². The zero-order valence-electron chi connectivity index (χ0n) is 18.0. The second-order valence-corrected chi connectivity index (χ2v) is 10.8. The number of benzene rings is 4. The summed E-state index contributed by atoms with van der Waals surface area (Å²) in [5.74, 6) is -0.259. The number of carbonyl (C=O) groups is 1. The smallest absolute Gasteiger partial charge is 0.338 e. The fourth-order valence-electron chi connectivity index (χ4n) is 4.09. The van der Waals surface area contributed by atoms with E-state index < -0.39 is 7.26 Å². The molecule has 32 heavy (non-hydrogen) atoms. The van der Waals surface area contributed by atoms with Crippen molar-refractivity contribution in [2.75, 3.05) is 6.61 Å². The van der Waals surface area contributed by atoms with E-state index in [0.29, 0.717) is 12.2 Å². The number of halogens is 1. The molecule has 4 heteroatoms. The van der Waals surface area contributed by atoms with E-state index in [-0.39, 0.29) is 23.0 Å². The van der Waals surface area contributed by atoms with E-state index in [2.05, 4.69) is 97.1 Å². The van der Waals surface area contributed by atoms with Gasteiger partial charge in [-0.1, -0.05) is 72.8 Å². The first-order chi connectivity index (χ1) is 15.3. The van der Waals surface area contributed by atoms with Crippen molar-refractivity contribution in [3.63, 3.8) is 0 Å². The lowest BCUT2D eigenvalue weighted by Gasteiger charge is -2.28. The van der Waals surface area contributed by atoms with Gasteiger partial charge in [0.05, 0.1) is 18.3 Å². The molecule has 0 unspecified atom stereocenters. The fraction of sp³-hybridized carbons (Fsp3) is 0.107. The Morgan fingerprint density at radius 2 is 1.06 bits per heavy atom. The maximum atomic E-state index is 12.8. The van der Waals surface area contributed by atoms with Gasteiger partial charge in [0.2, 0.25) is 0 Å². The molecule has 0 aliphatic carbocycles. The third-order valence-electron chi connectivity index (χ3n) is 5.51. The zero-order chi connectivity index (χ0) is 21.5. The number of hydrogen-bond acceptors (Lipinski definition) is 2. The van der Waals surface area contributed by atoms with Crippen LogP contribution in [0.4, 0.5) is 0 Å². The van der Waals surface area contributed by atoms with Crippen LogP contribution < -0.4 is 32.9 Å². The summed E-state index contributed by atoms with van der Waals surface area (Å²) in [6.45, 7) is 2.21. The molecule has 0 spiro atoms. The van der Waals surface area contributed by atoms with Crippen molar-refractivity contribution >= 4 is 29.1 Å². The number of ether oxygens (including phenoxy) is 1. The topological polar surface area (TPSA) is 26.3 Å². The first-order valence-corrected chi connectivity index (χ1v) is 12.5. The predicted molar refractivity (Wildman–Crippen MR) is 131 cm³/mol. The van der Waals surface area contributed by atoms with Gasteiger partial charge in [-0.15, -0.1) is 0 Å². The van der Waals surface area contributed by atoms with Gasteiger partial charge in [-0.3, -0.25) is 0 Å². The minimum absolute atomic E-state index is 0. The Kier molecular flexibility index (Phi) is 8.39. The minimum atomic E-state index is -2.07. The van der Waals surface area contributed by atoms with Gasteiger partial charge < -0.3 is 21.7 Å². The minimum Gasteiger partial charge on any atom is -1.00 e. The highest BCUT2D eigenvalue weighted by Crippen LogP contribution is 2.58.